The maximum absolute atomic E-state index is 12.0. The summed E-state index contributed by atoms with van der Waals surface area (Å²) in [5.41, 5.74) is -1.59. The second-order valence-electron chi connectivity index (χ2n) is 6.08. The van der Waals surface area contributed by atoms with Crippen molar-refractivity contribution in [1.82, 2.24) is 15.3 Å². The first-order chi connectivity index (χ1) is 10.2. The number of aliphatic hydroxyl groups is 1. The molecule has 2 aromatic rings. The molecule has 2 heterocycles. The van der Waals surface area contributed by atoms with Gasteiger partial charge in [-0.25, -0.2) is 9.78 Å². The van der Waals surface area contributed by atoms with Gasteiger partial charge in [-0.05, 0) is 32.9 Å². The second kappa shape index (κ2) is 5.92. The van der Waals surface area contributed by atoms with E-state index in [1.54, 1.807) is 39.1 Å². The van der Waals surface area contributed by atoms with Crippen molar-refractivity contribution < 1.29 is 19.1 Å². The Bertz CT molecular complexity index is 629. The Morgan fingerprint density at radius 1 is 1.45 bits per heavy atom. The van der Waals surface area contributed by atoms with Gasteiger partial charge in [0.25, 0.3) is 5.89 Å². The summed E-state index contributed by atoms with van der Waals surface area (Å²) in [7, 11) is 0. The van der Waals surface area contributed by atoms with Crippen LogP contribution in [0.25, 0.3) is 11.2 Å². The molecule has 0 aromatic carbocycles. The van der Waals surface area contributed by atoms with Gasteiger partial charge in [0.2, 0.25) is 5.72 Å². The van der Waals surface area contributed by atoms with E-state index in [-0.39, 0.29) is 12.3 Å². The van der Waals surface area contributed by atoms with Crippen LogP contribution in [0.4, 0.5) is 4.79 Å². The molecule has 0 fully saturated rings. The molecular weight excluding hydrogens is 286 g/mol. The highest BCUT2D eigenvalue weighted by Crippen LogP contribution is 2.26. The molecule has 2 rings (SSSR count). The molecule has 7 heteroatoms. The fourth-order valence-electron chi connectivity index (χ4n) is 2.00. The molecule has 2 aromatic heterocycles. The van der Waals surface area contributed by atoms with Crippen molar-refractivity contribution in [3.05, 3.63) is 24.2 Å². The average molecular weight is 307 g/mol. The minimum absolute atomic E-state index is 0.00564. The summed E-state index contributed by atoms with van der Waals surface area (Å²) in [5.74, 6) is -0.00564. The highest BCUT2D eigenvalue weighted by Gasteiger charge is 2.37. The fourth-order valence-corrected chi connectivity index (χ4v) is 2.00. The van der Waals surface area contributed by atoms with E-state index in [1.807, 2.05) is 6.92 Å². The Balaban J connectivity index is 2.28. The molecular formula is C15H21N3O4. The number of aromatic nitrogens is 2. The quantitative estimate of drug-likeness (QED) is 0.843. The second-order valence-corrected chi connectivity index (χ2v) is 6.08. The maximum atomic E-state index is 12.0. The van der Waals surface area contributed by atoms with Crippen LogP contribution < -0.4 is 5.32 Å². The molecule has 0 radical (unpaired) electrons. The van der Waals surface area contributed by atoms with Crippen molar-refractivity contribution in [2.45, 2.75) is 51.9 Å². The summed E-state index contributed by atoms with van der Waals surface area (Å²) in [6.07, 6.45) is 1.69. The highest BCUT2D eigenvalue weighted by molar-refractivity contribution is 5.70. The fraction of sp³-hybridized carbons (Fsp3) is 0.533. The lowest BCUT2D eigenvalue weighted by Crippen LogP contribution is -2.48. The van der Waals surface area contributed by atoms with E-state index in [2.05, 4.69) is 15.3 Å². The van der Waals surface area contributed by atoms with E-state index in [4.69, 9.17) is 9.15 Å². The molecule has 1 atom stereocenters. The van der Waals surface area contributed by atoms with Crippen LogP contribution in [0.1, 0.15) is 46.4 Å². The van der Waals surface area contributed by atoms with Gasteiger partial charge in [-0.1, -0.05) is 13.3 Å². The zero-order chi connectivity index (χ0) is 16.4. The number of hydrogen-bond donors (Lipinski definition) is 2. The lowest BCUT2D eigenvalue weighted by atomic mass is 10.1. The Hall–Kier alpha value is -2.15. The smallest absolute Gasteiger partial charge is 0.410 e. The van der Waals surface area contributed by atoms with E-state index in [0.29, 0.717) is 17.7 Å². The number of alkyl carbamates (subject to hydrolysis) is 1. The molecule has 120 valence electrons. The Morgan fingerprint density at radius 3 is 2.77 bits per heavy atom. The van der Waals surface area contributed by atoms with Crippen molar-refractivity contribution >= 4 is 17.3 Å². The SMILES string of the molecule is CCC[C@@](O)(NC(=O)OC(C)(C)C)c1nc2ncccc2o1. The predicted molar refractivity (Wildman–Crippen MR) is 80.0 cm³/mol. The first-order valence-electron chi connectivity index (χ1n) is 7.19. The van der Waals surface area contributed by atoms with Crippen LogP contribution in [0.5, 0.6) is 0 Å². The van der Waals surface area contributed by atoms with Crippen molar-refractivity contribution in [2.24, 2.45) is 0 Å². The van der Waals surface area contributed by atoms with Crippen LogP contribution in [0.2, 0.25) is 0 Å². The molecule has 0 aliphatic heterocycles. The number of amides is 1. The van der Waals surface area contributed by atoms with Gasteiger partial charge in [0.15, 0.2) is 11.2 Å². The summed E-state index contributed by atoms with van der Waals surface area (Å²) in [6.45, 7) is 7.11. The molecule has 0 saturated heterocycles. The molecule has 22 heavy (non-hydrogen) atoms. The number of rotatable bonds is 4. The Kier molecular flexibility index (Phi) is 4.37. The van der Waals surface area contributed by atoms with E-state index in [1.165, 1.54) is 0 Å². The number of nitrogens with one attached hydrogen (secondary N) is 1. The van der Waals surface area contributed by atoms with Crippen LogP contribution in [-0.4, -0.2) is 26.8 Å². The zero-order valence-electron chi connectivity index (χ0n) is 13.2. The van der Waals surface area contributed by atoms with Gasteiger partial charge in [0.1, 0.15) is 5.60 Å². The minimum atomic E-state index is -1.74. The topological polar surface area (TPSA) is 97.5 Å². The van der Waals surface area contributed by atoms with Gasteiger partial charge in [-0.3, -0.25) is 5.32 Å². The summed E-state index contributed by atoms with van der Waals surface area (Å²) in [6, 6.07) is 3.40. The average Bonchev–Trinajstić information content (AvgIpc) is 2.80. The molecule has 0 bridgehead atoms. The van der Waals surface area contributed by atoms with Gasteiger partial charge in [0.05, 0.1) is 0 Å². The maximum Gasteiger partial charge on any atom is 0.410 e. The number of nitrogens with zero attached hydrogens (tertiary/aromatic N) is 2. The molecule has 0 spiro atoms. The van der Waals surface area contributed by atoms with Crippen molar-refractivity contribution in [3.8, 4) is 0 Å². The van der Waals surface area contributed by atoms with Gasteiger partial charge in [-0.15, -0.1) is 0 Å². The standard InChI is InChI=1S/C15H21N3O4/c1-5-8-15(20,18-13(19)22-14(2,3)4)12-17-11-10(21-12)7-6-9-16-11/h6-7,9,20H,5,8H2,1-4H3,(H,18,19)/t15-/m0/s1. The molecule has 7 nitrogen and oxygen atoms in total. The third kappa shape index (κ3) is 3.73. The summed E-state index contributed by atoms with van der Waals surface area (Å²) < 4.78 is 10.7. The molecule has 0 saturated carbocycles. The Labute approximate surface area is 128 Å². The van der Waals surface area contributed by atoms with E-state index in [0.717, 1.165) is 0 Å². The van der Waals surface area contributed by atoms with Crippen molar-refractivity contribution in [3.63, 3.8) is 0 Å². The van der Waals surface area contributed by atoms with Crippen LogP contribution in [0, 0.1) is 0 Å². The molecule has 2 N–H and O–H groups in total. The summed E-state index contributed by atoms with van der Waals surface area (Å²) in [5, 5.41) is 13.2. The zero-order valence-corrected chi connectivity index (χ0v) is 13.2. The molecule has 0 aliphatic rings. The number of carbonyl (C=O) groups excluding carboxylic acids is 1. The summed E-state index contributed by atoms with van der Waals surface area (Å²) >= 11 is 0. The van der Waals surface area contributed by atoms with E-state index in [9.17, 15) is 9.90 Å². The van der Waals surface area contributed by atoms with E-state index >= 15 is 0 Å². The number of fused-ring (bicyclic) bond motifs is 1. The monoisotopic (exact) mass is 307 g/mol. The van der Waals surface area contributed by atoms with Crippen LogP contribution in [0.15, 0.2) is 22.7 Å². The minimum Gasteiger partial charge on any atom is -0.444 e. The first-order valence-corrected chi connectivity index (χ1v) is 7.19. The third-order valence-corrected chi connectivity index (χ3v) is 2.84. The van der Waals surface area contributed by atoms with Crippen LogP contribution in [0.3, 0.4) is 0 Å². The lowest BCUT2D eigenvalue weighted by molar-refractivity contribution is -0.0409. The van der Waals surface area contributed by atoms with Gasteiger partial charge in [0, 0.05) is 12.6 Å². The number of ether oxygens (including phenoxy) is 1. The van der Waals surface area contributed by atoms with Gasteiger partial charge in [-0.2, -0.15) is 4.98 Å². The van der Waals surface area contributed by atoms with Crippen LogP contribution >= 0.6 is 0 Å². The van der Waals surface area contributed by atoms with Gasteiger partial charge < -0.3 is 14.3 Å². The van der Waals surface area contributed by atoms with Crippen molar-refractivity contribution in [1.29, 1.82) is 0 Å². The predicted octanol–water partition coefficient (Wildman–Crippen LogP) is 2.69. The number of oxazole rings is 1. The van der Waals surface area contributed by atoms with Crippen LogP contribution in [-0.2, 0) is 10.5 Å². The molecule has 1 amide bonds. The lowest BCUT2D eigenvalue weighted by Gasteiger charge is -2.27. The summed E-state index contributed by atoms with van der Waals surface area (Å²) in [4.78, 5) is 20.2. The Morgan fingerprint density at radius 2 is 2.18 bits per heavy atom. The normalized spacial score (nSPS) is 14.6. The number of hydrogen-bond acceptors (Lipinski definition) is 6. The van der Waals surface area contributed by atoms with Crippen molar-refractivity contribution in [2.75, 3.05) is 0 Å². The highest BCUT2D eigenvalue weighted by atomic mass is 16.6. The number of carbonyl (C=O) groups is 1. The van der Waals surface area contributed by atoms with E-state index < -0.39 is 17.4 Å². The third-order valence-electron chi connectivity index (χ3n) is 2.84. The molecule has 0 unspecified atom stereocenters. The number of pyridine rings is 1. The first kappa shape index (κ1) is 16.2. The molecule has 0 aliphatic carbocycles. The largest absolute Gasteiger partial charge is 0.444 e. The van der Waals surface area contributed by atoms with Gasteiger partial charge >= 0.3 is 6.09 Å².